The number of amides is 1. The highest BCUT2D eigenvalue weighted by Crippen LogP contribution is 2.29. The molecule has 15 heavy (non-hydrogen) atoms. The van der Waals surface area contributed by atoms with Gasteiger partial charge in [-0.05, 0) is 31.6 Å². The van der Waals surface area contributed by atoms with Crippen LogP contribution in [-0.2, 0) is 9.59 Å². The van der Waals surface area contributed by atoms with Crippen LogP contribution in [0.3, 0.4) is 0 Å². The smallest absolute Gasteiger partial charge is 0.220 e. The molecule has 84 valence electrons. The zero-order chi connectivity index (χ0) is 10.7. The molecule has 3 heteroatoms. The van der Waals surface area contributed by atoms with Crippen molar-refractivity contribution in [2.75, 3.05) is 0 Å². The van der Waals surface area contributed by atoms with Gasteiger partial charge in [0.1, 0.15) is 5.78 Å². The van der Waals surface area contributed by atoms with Crippen molar-refractivity contribution in [1.82, 2.24) is 5.32 Å². The number of nitrogens with one attached hydrogen (secondary N) is 1. The Morgan fingerprint density at radius 1 is 1.20 bits per heavy atom. The third-order valence-corrected chi connectivity index (χ3v) is 3.61. The Balaban J connectivity index is 1.66. The summed E-state index contributed by atoms with van der Waals surface area (Å²) in [5, 5.41) is 3.05. The van der Waals surface area contributed by atoms with E-state index in [1.165, 1.54) is 19.3 Å². The van der Waals surface area contributed by atoms with Crippen LogP contribution in [-0.4, -0.2) is 17.7 Å². The molecule has 1 amide bonds. The normalized spacial score (nSPS) is 23.6. The van der Waals surface area contributed by atoms with Gasteiger partial charge in [0.25, 0.3) is 0 Å². The third kappa shape index (κ3) is 3.05. The summed E-state index contributed by atoms with van der Waals surface area (Å²) in [6.07, 6.45) is 7.40. The summed E-state index contributed by atoms with van der Waals surface area (Å²) in [6.45, 7) is 0. The average Bonchev–Trinajstić information content (AvgIpc) is 2.16. The van der Waals surface area contributed by atoms with Crippen molar-refractivity contribution in [2.24, 2.45) is 5.92 Å². The first-order chi connectivity index (χ1) is 7.24. The second-order valence-electron chi connectivity index (χ2n) is 4.88. The standard InChI is InChI=1S/C12H19NO2/c14-11-6-4-10(5-7-11)13-12(15)8-9-2-1-3-9/h9-10H,1-8H2,(H,13,15). The van der Waals surface area contributed by atoms with Crippen molar-refractivity contribution in [3.05, 3.63) is 0 Å². The minimum Gasteiger partial charge on any atom is -0.353 e. The maximum Gasteiger partial charge on any atom is 0.220 e. The Kier molecular flexibility index (Phi) is 3.39. The highest BCUT2D eigenvalue weighted by atomic mass is 16.1. The molecule has 0 aliphatic heterocycles. The molecule has 2 aliphatic carbocycles. The first-order valence-corrected chi connectivity index (χ1v) is 6.05. The summed E-state index contributed by atoms with van der Waals surface area (Å²) in [7, 11) is 0. The molecule has 2 aliphatic rings. The van der Waals surface area contributed by atoms with Gasteiger partial charge in [-0.3, -0.25) is 9.59 Å². The van der Waals surface area contributed by atoms with Gasteiger partial charge in [0.15, 0.2) is 0 Å². The van der Waals surface area contributed by atoms with Crippen LogP contribution in [0.25, 0.3) is 0 Å². The second kappa shape index (κ2) is 4.77. The van der Waals surface area contributed by atoms with Crippen LogP contribution in [0, 0.1) is 5.92 Å². The molecule has 0 aromatic heterocycles. The van der Waals surface area contributed by atoms with E-state index < -0.39 is 0 Å². The van der Waals surface area contributed by atoms with Gasteiger partial charge in [0.2, 0.25) is 5.91 Å². The average molecular weight is 209 g/mol. The molecule has 0 saturated heterocycles. The van der Waals surface area contributed by atoms with E-state index in [0.717, 1.165) is 12.8 Å². The van der Waals surface area contributed by atoms with Crippen LogP contribution in [0.4, 0.5) is 0 Å². The van der Waals surface area contributed by atoms with Crippen LogP contribution in [0.15, 0.2) is 0 Å². The van der Waals surface area contributed by atoms with Crippen molar-refractivity contribution < 1.29 is 9.59 Å². The Bertz CT molecular complexity index is 248. The molecule has 0 aromatic carbocycles. The highest BCUT2D eigenvalue weighted by molar-refractivity contribution is 5.80. The van der Waals surface area contributed by atoms with Crippen molar-refractivity contribution in [3.8, 4) is 0 Å². The lowest BCUT2D eigenvalue weighted by Crippen LogP contribution is -2.38. The Labute approximate surface area is 90.6 Å². The fraction of sp³-hybridized carbons (Fsp3) is 0.833. The molecular formula is C12H19NO2. The maximum absolute atomic E-state index is 11.6. The summed E-state index contributed by atoms with van der Waals surface area (Å²) < 4.78 is 0. The minimum atomic E-state index is 0.194. The zero-order valence-corrected chi connectivity index (χ0v) is 9.13. The van der Waals surface area contributed by atoms with Crippen molar-refractivity contribution >= 4 is 11.7 Å². The summed E-state index contributed by atoms with van der Waals surface area (Å²) in [5.41, 5.74) is 0. The molecule has 0 atom stereocenters. The molecule has 2 rings (SSSR count). The van der Waals surface area contributed by atoms with Crippen molar-refractivity contribution in [2.45, 2.75) is 57.4 Å². The van der Waals surface area contributed by atoms with Crippen LogP contribution >= 0.6 is 0 Å². The lowest BCUT2D eigenvalue weighted by molar-refractivity contribution is -0.125. The van der Waals surface area contributed by atoms with Crippen molar-refractivity contribution in [3.63, 3.8) is 0 Å². The monoisotopic (exact) mass is 209 g/mol. The zero-order valence-electron chi connectivity index (χ0n) is 9.13. The number of rotatable bonds is 3. The van der Waals surface area contributed by atoms with Gasteiger partial charge < -0.3 is 5.32 Å². The quantitative estimate of drug-likeness (QED) is 0.770. The second-order valence-corrected chi connectivity index (χ2v) is 4.88. The number of ketones is 1. The van der Waals surface area contributed by atoms with Crippen LogP contribution in [0.5, 0.6) is 0 Å². The van der Waals surface area contributed by atoms with Crippen LogP contribution in [0.1, 0.15) is 51.4 Å². The molecule has 0 aromatic rings. The van der Waals surface area contributed by atoms with Gasteiger partial charge in [-0.2, -0.15) is 0 Å². The lowest BCUT2D eigenvalue weighted by Gasteiger charge is -2.27. The minimum absolute atomic E-state index is 0.194. The number of Topliss-reactive ketones (excluding diaryl/α,β-unsaturated/α-hetero) is 1. The van der Waals surface area contributed by atoms with Gasteiger partial charge in [-0.15, -0.1) is 0 Å². The van der Waals surface area contributed by atoms with E-state index in [4.69, 9.17) is 0 Å². The summed E-state index contributed by atoms with van der Waals surface area (Å²) in [4.78, 5) is 22.6. The molecule has 0 spiro atoms. The predicted octanol–water partition coefficient (Wildman–Crippen LogP) is 1.80. The van der Waals surface area contributed by atoms with E-state index in [9.17, 15) is 9.59 Å². The van der Waals surface area contributed by atoms with E-state index >= 15 is 0 Å². The van der Waals surface area contributed by atoms with E-state index in [1.807, 2.05) is 0 Å². The Morgan fingerprint density at radius 3 is 2.40 bits per heavy atom. The van der Waals surface area contributed by atoms with E-state index in [0.29, 0.717) is 31.0 Å². The molecule has 1 N–H and O–H groups in total. The van der Waals surface area contributed by atoms with Gasteiger partial charge in [0.05, 0.1) is 0 Å². The highest BCUT2D eigenvalue weighted by Gasteiger charge is 2.24. The first-order valence-electron chi connectivity index (χ1n) is 6.05. The van der Waals surface area contributed by atoms with E-state index in [1.54, 1.807) is 0 Å². The molecule has 0 heterocycles. The molecule has 2 saturated carbocycles. The third-order valence-electron chi connectivity index (χ3n) is 3.61. The van der Waals surface area contributed by atoms with Gasteiger partial charge >= 0.3 is 0 Å². The fourth-order valence-electron chi connectivity index (χ4n) is 2.33. The maximum atomic E-state index is 11.6. The summed E-state index contributed by atoms with van der Waals surface area (Å²) in [6, 6.07) is 0.260. The van der Waals surface area contributed by atoms with Gasteiger partial charge in [-0.1, -0.05) is 6.42 Å². The van der Waals surface area contributed by atoms with Gasteiger partial charge in [-0.25, -0.2) is 0 Å². The summed E-state index contributed by atoms with van der Waals surface area (Å²) in [5.74, 6) is 1.17. The van der Waals surface area contributed by atoms with Gasteiger partial charge in [0, 0.05) is 25.3 Å². The molecule has 0 bridgehead atoms. The summed E-state index contributed by atoms with van der Waals surface area (Å²) >= 11 is 0. The van der Waals surface area contributed by atoms with Crippen molar-refractivity contribution in [1.29, 1.82) is 0 Å². The molecule has 2 fully saturated rings. The molecular weight excluding hydrogens is 190 g/mol. The largest absolute Gasteiger partial charge is 0.353 e. The van der Waals surface area contributed by atoms with E-state index in [-0.39, 0.29) is 11.9 Å². The predicted molar refractivity (Wildman–Crippen MR) is 57.4 cm³/mol. The lowest BCUT2D eigenvalue weighted by atomic mass is 9.82. The fourth-order valence-corrected chi connectivity index (χ4v) is 2.33. The Morgan fingerprint density at radius 2 is 1.87 bits per heavy atom. The molecule has 3 nitrogen and oxygen atoms in total. The molecule has 0 unspecified atom stereocenters. The Hall–Kier alpha value is -0.860. The number of carbonyl (C=O) groups excluding carboxylic acids is 2. The number of hydrogen-bond donors (Lipinski definition) is 1. The number of hydrogen-bond acceptors (Lipinski definition) is 2. The topological polar surface area (TPSA) is 46.2 Å². The number of carbonyl (C=O) groups is 2. The first kappa shape index (κ1) is 10.7. The van der Waals surface area contributed by atoms with E-state index in [2.05, 4.69) is 5.32 Å². The van der Waals surface area contributed by atoms with Crippen LogP contribution in [0.2, 0.25) is 0 Å². The van der Waals surface area contributed by atoms with Crippen LogP contribution < -0.4 is 5.32 Å². The molecule has 0 radical (unpaired) electrons. The SMILES string of the molecule is O=C1CCC(NC(=O)CC2CCC2)CC1.